The van der Waals surface area contributed by atoms with Crippen molar-refractivity contribution < 1.29 is 19.2 Å². The first kappa shape index (κ1) is 25.7. The van der Waals surface area contributed by atoms with Crippen LogP contribution >= 0.6 is 0 Å². The summed E-state index contributed by atoms with van der Waals surface area (Å²) in [6.45, 7) is 0.387. The molecule has 4 aromatic rings. The molecule has 0 radical (unpaired) electrons. The number of nitro benzene ring substituents is 1. The summed E-state index contributed by atoms with van der Waals surface area (Å²) in [5.74, 6) is -0.497. The quantitative estimate of drug-likeness (QED) is 0.211. The number of hydrogen-bond donors (Lipinski definition) is 2. The van der Waals surface area contributed by atoms with Gasteiger partial charge in [-0.15, -0.1) is 0 Å². The number of nitrogens with one attached hydrogen (secondary N) is 2. The number of alkyl carbamates (subject to hydrolysis) is 1. The molecule has 0 bridgehead atoms. The number of benzene rings is 4. The van der Waals surface area contributed by atoms with Crippen molar-refractivity contribution in [1.29, 1.82) is 0 Å². The highest BCUT2D eigenvalue weighted by Gasteiger charge is 2.30. The Labute approximate surface area is 225 Å². The molecule has 0 saturated heterocycles. The highest BCUT2D eigenvalue weighted by Crippen LogP contribution is 2.44. The van der Waals surface area contributed by atoms with Crippen molar-refractivity contribution >= 4 is 17.7 Å². The van der Waals surface area contributed by atoms with Crippen molar-refractivity contribution in [1.82, 2.24) is 10.6 Å². The average molecular weight is 522 g/mol. The number of amides is 2. The van der Waals surface area contributed by atoms with Gasteiger partial charge >= 0.3 is 6.09 Å². The van der Waals surface area contributed by atoms with E-state index in [1.807, 2.05) is 78.9 Å². The lowest BCUT2D eigenvalue weighted by Gasteiger charge is -2.20. The zero-order valence-electron chi connectivity index (χ0n) is 21.1. The zero-order valence-corrected chi connectivity index (χ0v) is 21.1. The molecule has 0 fully saturated rings. The van der Waals surface area contributed by atoms with Gasteiger partial charge in [-0.3, -0.25) is 14.9 Å². The van der Waals surface area contributed by atoms with Gasteiger partial charge in [-0.25, -0.2) is 4.79 Å². The molecule has 5 rings (SSSR count). The molecule has 1 atom stereocenters. The predicted molar refractivity (Wildman–Crippen MR) is 147 cm³/mol. The molecule has 4 aromatic carbocycles. The number of para-hydroxylation sites is 1. The molecule has 0 heterocycles. The normalized spacial score (nSPS) is 12.6. The number of fused-ring (bicyclic) bond motifs is 3. The van der Waals surface area contributed by atoms with Crippen LogP contribution in [0.15, 0.2) is 103 Å². The van der Waals surface area contributed by atoms with E-state index in [2.05, 4.69) is 10.6 Å². The van der Waals surface area contributed by atoms with Crippen LogP contribution in [0.3, 0.4) is 0 Å². The van der Waals surface area contributed by atoms with Crippen molar-refractivity contribution in [3.8, 4) is 11.1 Å². The third-order valence-electron chi connectivity index (χ3n) is 6.87. The van der Waals surface area contributed by atoms with Crippen molar-refractivity contribution in [2.24, 2.45) is 0 Å². The molecular weight excluding hydrogens is 494 g/mol. The SMILES string of the molecule is O=C(CC(NC(=O)OCC1c2ccccc2-c2ccccc21)c1ccccc1[N+](=O)[O-])NCc1ccccc1. The van der Waals surface area contributed by atoms with Crippen LogP contribution in [0.4, 0.5) is 10.5 Å². The number of ether oxygens (including phenoxy) is 1. The lowest BCUT2D eigenvalue weighted by molar-refractivity contribution is -0.385. The van der Waals surface area contributed by atoms with Crippen molar-refractivity contribution in [3.05, 3.63) is 135 Å². The van der Waals surface area contributed by atoms with Crippen LogP contribution in [0.2, 0.25) is 0 Å². The molecule has 39 heavy (non-hydrogen) atoms. The third kappa shape index (κ3) is 5.80. The van der Waals surface area contributed by atoms with Crippen LogP contribution in [-0.4, -0.2) is 23.5 Å². The Bertz CT molecular complexity index is 1460. The fraction of sp³-hybridized carbons (Fsp3) is 0.161. The minimum absolute atomic E-state index is 0.0870. The lowest BCUT2D eigenvalue weighted by atomic mass is 9.98. The number of nitrogens with zero attached hydrogens (tertiary/aromatic N) is 1. The Morgan fingerprint density at radius 2 is 1.41 bits per heavy atom. The molecule has 2 N–H and O–H groups in total. The first-order chi connectivity index (χ1) is 19.0. The average Bonchev–Trinajstić information content (AvgIpc) is 3.29. The first-order valence-corrected chi connectivity index (χ1v) is 12.7. The molecule has 1 aliphatic rings. The maximum Gasteiger partial charge on any atom is 0.407 e. The van der Waals surface area contributed by atoms with E-state index in [-0.39, 0.29) is 36.1 Å². The van der Waals surface area contributed by atoms with Crippen LogP contribution in [0, 0.1) is 10.1 Å². The second-order valence-corrected chi connectivity index (χ2v) is 9.30. The van der Waals surface area contributed by atoms with Gasteiger partial charge < -0.3 is 15.4 Å². The minimum Gasteiger partial charge on any atom is -0.449 e. The third-order valence-corrected chi connectivity index (χ3v) is 6.87. The van der Waals surface area contributed by atoms with E-state index in [0.717, 1.165) is 27.8 Å². The molecule has 196 valence electrons. The highest BCUT2D eigenvalue weighted by atomic mass is 16.6. The van der Waals surface area contributed by atoms with E-state index in [0.29, 0.717) is 6.54 Å². The number of hydrogen-bond acceptors (Lipinski definition) is 5. The van der Waals surface area contributed by atoms with E-state index in [1.165, 1.54) is 12.1 Å². The summed E-state index contributed by atoms with van der Waals surface area (Å²) in [5, 5.41) is 17.2. The fourth-order valence-electron chi connectivity index (χ4n) is 5.02. The van der Waals surface area contributed by atoms with Gasteiger partial charge in [0.2, 0.25) is 5.91 Å². The second kappa shape index (κ2) is 11.6. The molecule has 1 unspecified atom stereocenters. The van der Waals surface area contributed by atoms with Gasteiger partial charge in [0.15, 0.2) is 0 Å². The Morgan fingerprint density at radius 3 is 2.08 bits per heavy atom. The second-order valence-electron chi connectivity index (χ2n) is 9.30. The van der Waals surface area contributed by atoms with Gasteiger partial charge in [0.25, 0.3) is 5.69 Å². The van der Waals surface area contributed by atoms with Crippen LogP contribution in [-0.2, 0) is 16.1 Å². The smallest absolute Gasteiger partial charge is 0.407 e. The minimum atomic E-state index is -0.960. The Kier molecular flexibility index (Phi) is 7.63. The lowest BCUT2D eigenvalue weighted by Crippen LogP contribution is -2.34. The van der Waals surface area contributed by atoms with Gasteiger partial charge in [-0.1, -0.05) is 97.1 Å². The number of carbonyl (C=O) groups is 2. The van der Waals surface area contributed by atoms with Gasteiger partial charge in [-0.2, -0.15) is 0 Å². The highest BCUT2D eigenvalue weighted by molar-refractivity contribution is 5.80. The van der Waals surface area contributed by atoms with Gasteiger partial charge in [-0.05, 0) is 27.8 Å². The standard InChI is InChI=1S/C31H27N3O5/c35-30(32-19-21-10-2-1-3-11-21)18-28(26-16-8-9-17-29(26)34(37)38)33-31(36)39-20-27-24-14-6-4-12-22(24)23-13-5-7-15-25(23)27/h1-17,27-28H,18-20H2,(H,32,35)(H,33,36). The molecule has 0 spiro atoms. The van der Waals surface area contributed by atoms with E-state index >= 15 is 0 Å². The van der Waals surface area contributed by atoms with Gasteiger partial charge in [0.1, 0.15) is 6.61 Å². The largest absolute Gasteiger partial charge is 0.449 e. The number of nitro groups is 1. The summed E-state index contributed by atoms with van der Waals surface area (Å²) >= 11 is 0. The Morgan fingerprint density at radius 1 is 0.821 bits per heavy atom. The maximum atomic E-state index is 13.0. The van der Waals surface area contributed by atoms with Crippen LogP contribution in [0.25, 0.3) is 11.1 Å². The Hall–Kier alpha value is -4.98. The molecule has 8 nitrogen and oxygen atoms in total. The summed E-state index contributed by atoms with van der Waals surface area (Å²) in [5.41, 5.74) is 5.31. The molecular formula is C31H27N3O5. The monoisotopic (exact) mass is 521 g/mol. The van der Waals surface area contributed by atoms with Crippen molar-refractivity contribution in [2.45, 2.75) is 24.9 Å². The van der Waals surface area contributed by atoms with E-state index in [4.69, 9.17) is 4.74 Å². The summed E-state index contributed by atoms with van der Waals surface area (Å²) < 4.78 is 5.65. The van der Waals surface area contributed by atoms with Gasteiger partial charge in [0.05, 0.1) is 22.9 Å². The number of carbonyl (C=O) groups excluding carboxylic acids is 2. The fourth-order valence-corrected chi connectivity index (χ4v) is 5.02. The molecule has 2 amide bonds. The van der Waals surface area contributed by atoms with E-state index in [9.17, 15) is 19.7 Å². The van der Waals surface area contributed by atoms with Crippen LogP contribution < -0.4 is 10.6 Å². The van der Waals surface area contributed by atoms with Crippen molar-refractivity contribution in [2.75, 3.05) is 6.61 Å². The predicted octanol–water partition coefficient (Wildman–Crippen LogP) is 5.88. The van der Waals surface area contributed by atoms with E-state index < -0.39 is 17.1 Å². The summed E-state index contributed by atoms with van der Waals surface area (Å²) in [4.78, 5) is 37.0. The maximum absolute atomic E-state index is 13.0. The van der Waals surface area contributed by atoms with E-state index in [1.54, 1.807) is 12.1 Å². The molecule has 8 heteroatoms. The zero-order chi connectivity index (χ0) is 27.2. The first-order valence-electron chi connectivity index (χ1n) is 12.7. The van der Waals surface area contributed by atoms with Crippen LogP contribution in [0.5, 0.6) is 0 Å². The summed E-state index contributed by atoms with van der Waals surface area (Å²) in [6.07, 6.45) is -0.946. The topological polar surface area (TPSA) is 111 Å². The molecule has 0 aliphatic heterocycles. The summed E-state index contributed by atoms with van der Waals surface area (Å²) in [6, 6.07) is 30.5. The van der Waals surface area contributed by atoms with Gasteiger partial charge in [0, 0.05) is 18.5 Å². The summed E-state index contributed by atoms with van der Waals surface area (Å²) in [7, 11) is 0. The Balaban J connectivity index is 1.30. The van der Waals surface area contributed by atoms with Crippen LogP contribution in [0.1, 0.15) is 40.6 Å². The molecule has 0 saturated carbocycles. The molecule has 0 aromatic heterocycles. The van der Waals surface area contributed by atoms with Crippen molar-refractivity contribution in [3.63, 3.8) is 0 Å². The number of rotatable bonds is 9. The molecule has 1 aliphatic carbocycles.